The van der Waals surface area contributed by atoms with Crippen molar-refractivity contribution in [3.63, 3.8) is 0 Å². The summed E-state index contributed by atoms with van der Waals surface area (Å²) in [4.78, 5) is 12.1. The molecule has 0 bridgehead atoms. The van der Waals surface area contributed by atoms with E-state index in [1.165, 1.54) is 18.2 Å². The monoisotopic (exact) mass is 809 g/mol. The molecular weight excluding hydrogens is 726 g/mol. The molecular formula is C44H82B2N8O4. The van der Waals surface area contributed by atoms with Gasteiger partial charge in [-0.25, -0.2) is 0 Å². The highest BCUT2D eigenvalue weighted by Gasteiger charge is 2.52. The zero-order valence-corrected chi connectivity index (χ0v) is 39.1. The second-order valence-corrected chi connectivity index (χ2v) is 18.7. The van der Waals surface area contributed by atoms with Crippen LogP contribution in [0.4, 0.5) is 0 Å². The molecule has 3 aliphatic rings. The number of nitrogens with two attached hydrogens (primary N) is 1. The quantitative estimate of drug-likeness (QED) is 0.374. The smallest absolute Gasteiger partial charge is 0.399 e. The van der Waals surface area contributed by atoms with E-state index in [1.807, 2.05) is 26.0 Å². The topological polar surface area (TPSA) is 103 Å². The summed E-state index contributed by atoms with van der Waals surface area (Å²) in [5.74, 6) is 0. The maximum Gasteiger partial charge on any atom is 0.494 e. The first-order valence-corrected chi connectivity index (χ1v) is 21.6. The Morgan fingerprint density at radius 2 is 0.845 bits per heavy atom. The lowest BCUT2D eigenvalue weighted by Crippen LogP contribution is -2.42. The molecule has 0 amide bonds. The highest BCUT2D eigenvalue weighted by atomic mass is 16.7. The molecule has 14 heteroatoms. The van der Waals surface area contributed by atoms with Crippen LogP contribution in [0.3, 0.4) is 0 Å². The number of nitrogens with one attached hydrogen (secondary N) is 2. The van der Waals surface area contributed by atoms with Crippen molar-refractivity contribution < 1.29 is 18.6 Å². The van der Waals surface area contributed by atoms with Crippen molar-refractivity contribution in [3.05, 3.63) is 59.7 Å². The summed E-state index contributed by atoms with van der Waals surface area (Å²) in [6.07, 6.45) is 0. The van der Waals surface area contributed by atoms with Gasteiger partial charge in [0, 0.05) is 91.6 Å². The Labute approximate surface area is 355 Å². The van der Waals surface area contributed by atoms with E-state index in [4.69, 9.17) is 18.6 Å². The molecule has 3 heterocycles. The fourth-order valence-electron chi connectivity index (χ4n) is 6.80. The van der Waals surface area contributed by atoms with Crippen LogP contribution < -0.4 is 27.3 Å². The molecule has 3 saturated heterocycles. The Morgan fingerprint density at radius 1 is 0.534 bits per heavy atom. The van der Waals surface area contributed by atoms with Gasteiger partial charge >= 0.3 is 14.2 Å². The Bertz CT molecular complexity index is 1340. The van der Waals surface area contributed by atoms with Gasteiger partial charge in [0.15, 0.2) is 0 Å². The highest BCUT2D eigenvalue weighted by molar-refractivity contribution is 6.62. The normalized spacial score (nSPS) is 23.0. The average Bonchev–Trinajstić information content (AvgIpc) is 3.52. The van der Waals surface area contributed by atoms with Gasteiger partial charge in [0.1, 0.15) is 0 Å². The van der Waals surface area contributed by atoms with Crippen molar-refractivity contribution in [3.8, 4) is 0 Å². The van der Waals surface area contributed by atoms with Crippen molar-refractivity contribution in [2.75, 3.05) is 121 Å². The van der Waals surface area contributed by atoms with E-state index >= 15 is 0 Å². The lowest BCUT2D eigenvalue weighted by molar-refractivity contribution is 0.00578. The van der Waals surface area contributed by atoms with Crippen LogP contribution in [0, 0.1) is 0 Å². The van der Waals surface area contributed by atoms with Crippen LogP contribution in [0.1, 0.15) is 66.5 Å². The first-order chi connectivity index (χ1) is 27.3. The summed E-state index contributed by atoms with van der Waals surface area (Å²) in [7, 11) is 11.3. The summed E-state index contributed by atoms with van der Waals surface area (Å²) < 4.78 is 25.4. The van der Waals surface area contributed by atoms with E-state index in [-0.39, 0.29) is 36.6 Å². The van der Waals surface area contributed by atoms with Crippen molar-refractivity contribution >= 4 is 25.2 Å². The predicted octanol–water partition coefficient (Wildman–Crippen LogP) is 2.40. The van der Waals surface area contributed by atoms with Gasteiger partial charge in [0.25, 0.3) is 0 Å². The van der Waals surface area contributed by atoms with Crippen LogP contribution in [0.15, 0.2) is 48.5 Å². The van der Waals surface area contributed by atoms with Crippen LogP contribution in [-0.4, -0.2) is 182 Å². The molecule has 3 aliphatic heterocycles. The molecule has 4 N–H and O–H groups in total. The summed E-state index contributed by atoms with van der Waals surface area (Å²) in [5, 5.41) is 7.46. The molecule has 2 aromatic carbocycles. The van der Waals surface area contributed by atoms with E-state index < -0.39 is 0 Å². The van der Waals surface area contributed by atoms with Gasteiger partial charge < -0.3 is 49.7 Å². The van der Waals surface area contributed by atoms with E-state index in [0.29, 0.717) is 0 Å². The maximum atomic E-state index is 6.36. The van der Waals surface area contributed by atoms with Gasteiger partial charge in [-0.2, -0.15) is 0 Å². The van der Waals surface area contributed by atoms with E-state index in [9.17, 15) is 0 Å². The van der Waals surface area contributed by atoms with Crippen molar-refractivity contribution in [1.82, 2.24) is 35.1 Å². The molecule has 2 aromatic rings. The summed E-state index contributed by atoms with van der Waals surface area (Å²) in [6.45, 7) is 30.6. The third-order valence-corrected chi connectivity index (χ3v) is 11.9. The largest absolute Gasteiger partial charge is 0.494 e. The molecule has 328 valence electrons. The molecule has 5 rings (SSSR count). The van der Waals surface area contributed by atoms with Crippen LogP contribution in [-0.2, 0) is 31.7 Å². The number of benzene rings is 2. The molecule has 3 fully saturated rings. The standard InChI is InChI=1S/C40H68B2N6O4.C3H9N.CH5N/c1-37(2)38(3,4)50-41(49-37)35-15-11-13-33(29-35)31-47-23-19-43-17-22-46(10)26-28-48(24-20-44-18-21-45(9)25-27-47)32-34-14-12-16-36(30-34)42-51-39(5,6)40(7,8)52-42;1-4(2)3;1-2/h11-16,29-30,43-44H,17-28,31-32H2,1-10H3;1-3H3;2H2,1H3. The molecule has 0 radical (unpaired) electrons. The molecule has 0 aliphatic carbocycles. The first-order valence-electron chi connectivity index (χ1n) is 21.6. The number of hydrogen-bond acceptors (Lipinski definition) is 12. The molecule has 0 atom stereocenters. The number of nitrogens with zero attached hydrogens (tertiary/aromatic N) is 5. The van der Waals surface area contributed by atoms with Gasteiger partial charge in [0.2, 0.25) is 0 Å². The average molecular weight is 809 g/mol. The molecule has 0 unspecified atom stereocenters. The van der Waals surface area contributed by atoms with Crippen LogP contribution in [0.2, 0.25) is 0 Å². The van der Waals surface area contributed by atoms with Crippen molar-refractivity contribution in [2.24, 2.45) is 5.73 Å². The Kier molecular flexibility index (Phi) is 20.3. The third-order valence-electron chi connectivity index (χ3n) is 11.9. The molecule has 0 saturated carbocycles. The predicted molar refractivity (Wildman–Crippen MR) is 245 cm³/mol. The minimum absolute atomic E-state index is 0.340. The van der Waals surface area contributed by atoms with E-state index in [0.717, 1.165) is 103 Å². The Hall–Kier alpha value is -1.91. The van der Waals surface area contributed by atoms with E-state index in [1.54, 1.807) is 0 Å². The number of rotatable bonds is 6. The van der Waals surface area contributed by atoms with Crippen LogP contribution in [0.5, 0.6) is 0 Å². The lowest BCUT2D eigenvalue weighted by Gasteiger charge is -2.32. The summed E-state index contributed by atoms with van der Waals surface area (Å²) >= 11 is 0. The lowest BCUT2D eigenvalue weighted by atomic mass is 9.78. The molecule has 12 nitrogen and oxygen atoms in total. The van der Waals surface area contributed by atoms with Crippen molar-refractivity contribution in [2.45, 2.75) is 90.9 Å². The van der Waals surface area contributed by atoms with Gasteiger partial charge in [-0.15, -0.1) is 0 Å². The minimum Gasteiger partial charge on any atom is -0.399 e. The zero-order valence-electron chi connectivity index (χ0n) is 39.1. The SMILES string of the molecule is CN.CN(C)C.CN1CCNCCN(Cc2cccc(B3OC(C)(C)C(C)(C)O3)c2)CCN(C)CCNCCN(Cc2cccc(B3OC(C)(C)C(C)(C)O3)c2)CC1. The Morgan fingerprint density at radius 3 is 1.17 bits per heavy atom. The zero-order chi connectivity index (χ0) is 43.1. The fraction of sp³-hybridized carbons (Fsp3) is 0.727. The summed E-state index contributed by atoms with van der Waals surface area (Å²) in [6, 6.07) is 17.5. The summed E-state index contributed by atoms with van der Waals surface area (Å²) in [5.41, 5.74) is 7.89. The van der Waals surface area contributed by atoms with E-state index in [2.05, 4.69) is 154 Å². The first kappa shape index (κ1) is 50.4. The fourth-order valence-corrected chi connectivity index (χ4v) is 6.80. The van der Waals surface area contributed by atoms with Gasteiger partial charge in [0.05, 0.1) is 22.4 Å². The van der Waals surface area contributed by atoms with Crippen molar-refractivity contribution in [1.29, 1.82) is 0 Å². The molecule has 0 aromatic heterocycles. The van der Waals surface area contributed by atoms with Gasteiger partial charge in [-0.3, -0.25) is 9.80 Å². The van der Waals surface area contributed by atoms with Gasteiger partial charge in [-0.1, -0.05) is 48.5 Å². The second kappa shape index (κ2) is 23.3. The van der Waals surface area contributed by atoms with Crippen LogP contribution in [0.25, 0.3) is 0 Å². The van der Waals surface area contributed by atoms with Crippen LogP contribution >= 0.6 is 0 Å². The second-order valence-electron chi connectivity index (χ2n) is 18.7. The number of likely N-dealkylation sites (N-methyl/N-ethyl adjacent to an activating group) is 2. The number of hydrogen-bond donors (Lipinski definition) is 3. The highest BCUT2D eigenvalue weighted by Crippen LogP contribution is 2.37. The van der Waals surface area contributed by atoms with Gasteiger partial charge in [-0.05, 0) is 120 Å². The Balaban J connectivity index is 0.00000141. The maximum absolute atomic E-state index is 6.36. The third kappa shape index (κ3) is 15.8. The molecule has 58 heavy (non-hydrogen) atoms. The molecule has 0 spiro atoms. The minimum atomic E-state index is -0.347.